The predicted octanol–water partition coefficient (Wildman–Crippen LogP) is 2.02. The van der Waals surface area contributed by atoms with Crippen molar-refractivity contribution in [3.63, 3.8) is 0 Å². The third-order valence-electron chi connectivity index (χ3n) is 2.34. The molecule has 0 bridgehead atoms. The van der Waals surface area contributed by atoms with E-state index in [4.69, 9.17) is 11.6 Å². The lowest BCUT2D eigenvalue weighted by Gasteiger charge is -2.04. The molecule has 0 unspecified atom stereocenters. The average Bonchev–Trinajstić information content (AvgIpc) is 3.10. The molecule has 1 amide bonds. The molecule has 0 aliphatic heterocycles. The molecular weight excluding hydrogens is 300 g/mol. The first-order valence-electron chi connectivity index (χ1n) is 5.49. The number of hydrogen-bond acceptors (Lipinski definition) is 6. The number of pyridine rings is 1. The van der Waals surface area contributed by atoms with Crippen molar-refractivity contribution in [1.29, 1.82) is 0 Å². The monoisotopic (exact) mass is 306 g/mol. The summed E-state index contributed by atoms with van der Waals surface area (Å²) < 4.78 is 1.85. The van der Waals surface area contributed by atoms with Crippen molar-refractivity contribution < 1.29 is 4.79 Å². The molecule has 0 saturated heterocycles. The number of aromatic nitrogens is 5. The van der Waals surface area contributed by atoms with Gasteiger partial charge in [-0.2, -0.15) is 5.10 Å². The maximum Gasteiger partial charge on any atom is 0.286 e. The Kier molecular flexibility index (Phi) is 3.40. The number of carbonyl (C=O) groups is 1. The van der Waals surface area contributed by atoms with E-state index in [2.05, 4.69) is 25.6 Å². The molecule has 3 heterocycles. The molecule has 20 heavy (non-hydrogen) atoms. The topological polar surface area (TPSA) is 85.6 Å². The second-order valence-electron chi connectivity index (χ2n) is 3.67. The first-order valence-corrected chi connectivity index (χ1v) is 6.68. The molecule has 3 rings (SSSR count). The summed E-state index contributed by atoms with van der Waals surface area (Å²) in [7, 11) is 0. The van der Waals surface area contributed by atoms with Gasteiger partial charge < -0.3 is 5.32 Å². The molecule has 0 spiro atoms. The van der Waals surface area contributed by atoms with E-state index in [9.17, 15) is 4.79 Å². The molecule has 7 nitrogen and oxygen atoms in total. The standard InChI is InChI=1S/C11H7ClN6OS/c12-11-17-16-10(20-11)9(19)15-7-2-3-8(13-6-7)18-5-1-4-14-18/h1-6H,(H,15,19). The van der Waals surface area contributed by atoms with E-state index in [-0.39, 0.29) is 15.4 Å². The fraction of sp³-hybridized carbons (Fsp3) is 0. The van der Waals surface area contributed by atoms with E-state index in [0.717, 1.165) is 11.3 Å². The van der Waals surface area contributed by atoms with Crippen LogP contribution < -0.4 is 5.32 Å². The van der Waals surface area contributed by atoms with Crippen LogP contribution in [0.25, 0.3) is 5.82 Å². The van der Waals surface area contributed by atoms with E-state index in [1.54, 1.807) is 35.3 Å². The summed E-state index contributed by atoms with van der Waals surface area (Å²) in [6.45, 7) is 0. The SMILES string of the molecule is O=C(Nc1ccc(-n2cccn2)nc1)c1nnc(Cl)s1. The number of nitrogens with one attached hydrogen (secondary N) is 1. The summed E-state index contributed by atoms with van der Waals surface area (Å²) in [4.78, 5) is 16.0. The van der Waals surface area contributed by atoms with Gasteiger partial charge in [0.2, 0.25) is 9.47 Å². The number of rotatable bonds is 3. The molecule has 0 atom stereocenters. The van der Waals surface area contributed by atoms with Gasteiger partial charge in [0.25, 0.3) is 5.91 Å². The minimum atomic E-state index is -0.372. The maximum absolute atomic E-state index is 11.8. The Morgan fingerprint density at radius 3 is 2.85 bits per heavy atom. The van der Waals surface area contributed by atoms with Gasteiger partial charge in [-0.25, -0.2) is 9.67 Å². The number of nitrogens with zero attached hydrogens (tertiary/aromatic N) is 5. The minimum Gasteiger partial charge on any atom is -0.318 e. The summed E-state index contributed by atoms with van der Waals surface area (Å²) in [5.74, 6) is 0.287. The average molecular weight is 307 g/mol. The van der Waals surface area contributed by atoms with Crippen molar-refractivity contribution in [3.05, 3.63) is 46.3 Å². The summed E-state index contributed by atoms with van der Waals surface area (Å²) in [5, 5.41) is 14.2. The quantitative estimate of drug-likeness (QED) is 0.800. The Labute approximate surface area is 122 Å². The summed E-state index contributed by atoms with van der Waals surface area (Å²) in [5.41, 5.74) is 0.553. The Hall–Kier alpha value is -2.32. The summed E-state index contributed by atoms with van der Waals surface area (Å²) in [6, 6.07) is 5.27. The van der Waals surface area contributed by atoms with Crippen LogP contribution in [-0.4, -0.2) is 30.9 Å². The molecule has 100 valence electrons. The van der Waals surface area contributed by atoms with Gasteiger partial charge in [0.15, 0.2) is 5.82 Å². The van der Waals surface area contributed by atoms with Crippen LogP contribution in [0.15, 0.2) is 36.8 Å². The molecule has 3 aromatic heterocycles. The molecular formula is C11H7ClN6OS. The van der Waals surface area contributed by atoms with Gasteiger partial charge in [-0.15, -0.1) is 10.2 Å². The highest BCUT2D eigenvalue weighted by atomic mass is 35.5. The first-order chi connectivity index (χ1) is 9.72. The van der Waals surface area contributed by atoms with Crippen LogP contribution in [0.4, 0.5) is 5.69 Å². The second-order valence-corrected chi connectivity index (χ2v) is 5.23. The van der Waals surface area contributed by atoms with Gasteiger partial charge in [0, 0.05) is 12.4 Å². The zero-order chi connectivity index (χ0) is 13.9. The Bertz CT molecular complexity index is 724. The Morgan fingerprint density at radius 1 is 1.35 bits per heavy atom. The predicted molar refractivity (Wildman–Crippen MR) is 74.2 cm³/mol. The number of hydrogen-bond donors (Lipinski definition) is 1. The molecule has 9 heteroatoms. The zero-order valence-corrected chi connectivity index (χ0v) is 11.5. The number of amides is 1. The van der Waals surface area contributed by atoms with E-state index in [1.807, 2.05) is 0 Å². The fourth-order valence-corrected chi connectivity index (χ4v) is 2.21. The highest BCUT2D eigenvalue weighted by Crippen LogP contribution is 2.16. The fourth-order valence-electron chi connectivity index (χ4n) is 1.48. The molecule has 0 aliphatic rings. The first kappa shape index (κ1) is 12.7. The van der Waals surface area contributed by atoms with E-state index in [1.165, 1.54) is 6.20 Å². The maximum atomic E-state index is 11.8. The van der Waals surface area contributed by atoms with Gasteiger partial charge in [-0.3, -0.25) is 4.79 Å². The summed E-state index contributed by atoms with van der Waals surface area (Å²) in [6.07, 6.45) is 4.98. The van der Waals surface area contributed by atoms with Crippen LogP contribution >= 0.6 is 22.9 Å². The normalized spacial score (nSPS) is 10.4. The molecule has 0 aliphatic carbocycles. The van der Waals surface area contributed by atoms with Crippen LogP contribution in [0.1, 0.15) is 9.80 Å². The van der Waals surface area contributed by atoms with E-state index >= 15 is 0 Å². The minimum absolute atomic E-state index is 0.200. The molecule has 0 fully saturated rings. The number of halogens is 1. The van der Waals surface area contributed by atoms with E-state index in [0.29, 0.717) is 11.5 Å². The third-order valence-corrected chi connectivity index (χ3v) is 3.36. The molecule has 0 saturated carbocycles. The molecule has 3 aromatic rings. The highest BCUT2D eigenvalue weighted by Gasteiger charge is 2.12. The van der Waals surface area contributed by atoms with Crippen LogP contribution in [0, 0.1) is 0 Å². The number of carbonyl (C=O) groups excluding carboxylic acids is 1. The lowest BCUT2D eigenvalue weighted by atomic mass is 10.4. The lowest BCUT2D eigenvalue weighted by Crippen LogP contribution is -2.12. The number of anilines is 1. The van der Waals surface area contributed by atoms with Gasteiger partial charge >= 0.3 is 0 Å². The van der Waals surface area contributed by atoms with Crippen molar-refractivity contribution in [2.24, 2.45) is 0 Å². The van der Waals surface area contributed by atoms with Crippen molar-refractivity contribution in [3.8, 4) is 5.82 Å². The molecule has 0 radical (unpaired) electrons. The van der Waals surface area contributed by atoms with Crippen molar-refractivity contribution in [2.45, 2.75) is 0 Å². The lowest BCUT2D eigenvalue weighted by molar-refractivity contribution is 0.102. The second kappa shape index (κ2) is 5.35. The van der Waals surface area contributed by atoms with Crippen molar-refractivity contribution in [2.75, 3.05) is 5.32 Å². The molecule has 0 aromatic carbocycles. The van der Waals surface area contributed by atoms with Gasteiger partial charge in [-0.1, -0.05) is 11.3 Å². The highest BCUT2D eigenvalue weighted by molar-refractivity contribution is 7.17. The summed E-state index contributed by atoms with van der Waals surface area (Å²) >= 11 is 6.64. The van der Waals surface area contributed by atoms with Crippen molar-refractivity contribution in [1.82, 2.24) is 25.0 Å². The molecule has 1 N–H and O–H groups in total. The van der Waals surface area contributed by atoms with Gasteiger partial charge in [0.05, 0.1) is 11.9 Å². The van der Waals surface area contributed by atoms with Crippen LogP contribution in [0.5, 0.6) is 0 Å². The van der Waals surface area contributed by atoms with Crippen LogP contribution in [-0.2, 0) is 0 Å². The van der Waals surface area contributed by atoms with Gasteiger partial charge in [0.1, 0.15) is 0 Å². The smallest absolute Gasteiger partial charge is 0.286 e. The largest absolute Gasteiger partial charge is 0.318 e. The van der Waals surface area contributed by atoms with Gasteiger partial charge in [-0.05, 0) is 29.8 Å². The van der Waals surface area contributed by atoms with Crippen molar-refractivity contribution >= 4 is 34.5 Å². The van der Waals surface area contributed by atoms with Crippen LogP contribution in [0.3, 0.4) is 0 Å². The Balaban J connectivity index is 1.74. The third kappa shape index (κ3) is 2.65. The zero-order valence-electron chi connectivity index (χ0n) is 9.89. The Morgan fingerprint density at radius 2 is 2.25 bits per heavy atom. The van der Waals surface area contributed by atoms with Crippen LogP contribution in [0.2, 0.25) is 4.47 Å². The van der Waals surface area contributed by atoms with E-state index < -0.39 is 0 Å².